The highest BCUT2D eigenvalue weighted by atomic mass is 19.2. The molecule has 0 aliphatic heterocycles. The summed E-state index contributed by atoms with van der Waals surface area (Å²) in [4.78, 5) is 0. The van der Waals surface area contributed by atoms with E-state index in [1.165, 1.54) is 0 Å². The SMILES string of the molecule is CCCC(CCC)c1ccc(C)c(F)c1F. The van der Waals surface area contributed by atoms with E-state index in [1.54, 1.807) is 19.1 Å². The summed E-state index contributed by atoms with van der Waals surface area (Å²) in [7, 11) is 0. The second-order valence-electron chi connectivity index (χ2n) is 4.37. The molecule has 0 nitrogen and oxygen atoms in total. The van der Waals surface area contributed by atoms with Crippen LogP contribution in [0.5, 0.6) is 0 Å². The van der Waals surface area contributed by atoms with E-state index in [1.807, 2.05) is 0 Å². The third-order valence-electron chi connectivity index (χ3n) is 3.02. The second kappa shape index (κ2) is 5.97. The maximum absolute atomic E-state index is 13.8. The molecule has 1 aromatic rings. The second-order valence-corrected chi connectivity index (χ2v) is 4.37. The van der Waals surface area contributed by atoms with Crippen LogP contribution >= 0.6 is 0 Å². The summed E-state index contributed by atoms with van der Waals surface area (Å²) in [5.74, 6) is -1.17. The summed E-state index contributed by atoms with van der Waals surface area (Å²) in [6.07, 6.45) is 3.85. The molecule has 2 heteroatoms. The molecule has 0 spiro atoms. The molecule has 0 unspecified atom stereocenters. The Bertz CT molecular complexity index is 339. The molecule has 0 saturated carbocycles. The van der Waals surface area contributed by atoms with Gasteiger partial charge in [-0.2, -0.15) is 0 Å². The fourth-order valence-electron chi connectivity index (χ4n) is 2.13. The molecule has 90 valence electrons. The van der Waals surface area contributed by atoms with Crippen LogP contribution in [-0.4, -0.2) is 0 Å². The molecular weight excluding hydrogens is 206 g/mol. The summed E-state index contributed by atoms with van der Waals surface area (Å²) in [5.41, 5.74) is 0.930. The van der Waals surface area contributed by atoms with E-state index in [-0.39, 0.29) is 5.92 Å². The van der Waals surface area contributed by atoms with Crippen LogP contribution in [0.2, 0.25) is 0 Å². The first kappa shape index (κ1) is 13.1. The van der Waals surface area contributed by atoms with Crippen LogP contribution in [-0.2, 0) is 0 Å². The van der Waals surface area contributed by atoms with Crippen molar-refractivity contribution in [3.05, 3.63) is 34.9 Å². The quantitative estimate of drug-likeness (QED) is 0.666. The lowest BCUT2D eigenvalue weighted by atomic mass is 9.89. The Balaban J connectivity index is 3.04. The zero-order valence-corrected chi connectivity index (χ0v) is 10.3. The van der Waals surface area contributed by atoms with E-state index >= 15 is 0 Å². The van der Waals surface area contributed by atoms with Gasteiger partial charge in [-0.1, -0.05) is 38.8 Å². The van der Waals surface area contributed by atoms with Crippen LogP contribution in [0.4, 0.5) is 8.78 Å². The maximum Gasteiger partial charge on any atom is 0.162 e. The maximum atomic E-state index is 13.8. The number of halogens is 2. The molecule has 0 aliphatic rings. The lowest BCUT2D eigenvalue weighted by molar-refractivity contribution is 0.466. The highest BCUT2D eigenvalue weighted by molar-refractivity contribution is 5.28. The van der Waals surface area contributed by atoms with Gasteiger partial charge in [0.05, 0.1) is 0 Å². The smallest absolute Gasteiger partial charge is 0.162 e. The average Bonchev–Trinajstić information content (AvgIpc) is 2.26. The molecule has 0 aromatic heterocycles. The summed E-state index contributed by atoms with van der Waals surface area (Å²) in [6.45, 7) is 5.74. The van der Waals surface area contributed by atoms with Gasteiger partial charge in [0, 0.05) is 0 Å². The molecule has 16 heavy (non-hydrogen) atoms. The number of hydrogen-bond donors (Lipinski definition) is 0. The van der Waals surface area contributed by atoms with Gasteiger partial charge in [0.15, 0.2) is 11.6 Å². The molecule has 0 heterocycles. The largest absolute Gasteiger partial charge is 0.203 e. The topological polar surface area (TPSA) is 0 Å². The number of rotatable bonds is 5. The highest BCUT2D eigenvalue weighted by Crippen LogP contribution is 2.30. The van der Waals surface area contributed by atoms with Crippen molar-refractivity contribution in [3.63, 3.8) is 0 Å². The van der Waals surface area contributed by atoms with Gasteiger partial charge in [-0.25, -0.2) is 8.78 Å². The van der Waals surface area contributed by atoms with Crippen LogP contribution < -0.4 is 0 Å². The van der Waals surface area contributed by atoms with Crippen molar-refractivity contribution in [1.82, 2.24) is 0 Å². The number of aryl methyl sites for hydroxylation is 1. The minimum atomic E-state index is -0.685. The average molecular weight is 226 g/mol. The van der Waals surface area contributed by atoms with Crippen LogP contribution in [0.15, 0.2) is 12.1 Å². The van der Waals surface area contributed by atoms with Crippen molar-refractivity contribution in [2.75, 3.05) is 0 Å². The Morgan fingerprint density at radius 3 is 2.06 bits per heavy atom. The number of benzene rings is 1. The van der Waals surface area contributed by atoms with Crippen molar-refractivity contribution < 1.29 is 8.78 Å². The predicted octanol–water partition coefficient (Wildman–Crippen LogP) is 4.96. The molecular formula is C14H20F2. The summed E-state index contributed by atoms with van der Waals surface area (Å²) >= 11 is 0. The van der Waals surface area contributed by atoms with Crippen LogP contribution in [0.1, 0.15) is 56.6 Å². The molecule has 0 saturated heterocycles. The van der Waals surface area contributed by atoms with Gasteiger partial charge in [-0.3, -0.25) is 0 Å². The van der Waals surface area contributed by atoms with Crippen LogP contribution in [0, 0.1) is 18.6 Å². The first-order chi connectivity index (χ1) is 7.61. The molecule has 0 aliphatic carbocycles. The van der Waals surface area contributed by atoms with Gasteiger partial charge in [0.25, 0.3) is 0 Å². The van der Waals surface area contributed by atoms with Gasteiger partial charge in [-0.05, 0) is 36.8 Å². The van der Waals surface area contributed by atoms with Gasteiger partial charge in [0.2, 0.25) is 0 Å². The Labute approximate surface area is 96.7 Å². The van der Waals surface area contributed by atoms with Crippen molar-refractivity contribution in [1.29, 1.82) is 0 Å². The minimum absolute atomic E-state index is 0.157. The molecule has 1 rings (SSSR count). The van der Waals surface area contributed by atoms with E-state index < -0.39 is 11.6 Å². The van der Waals surface area contributed by atoms with E-state index in [9.17, 15) is 8.78 Å². The normalized spacial score (nSPS) is 11.1. The van der Waals surface area contributed by atoms with E-state index in [0.717, 1.165) is 25.7 Å². The standard InChI is InChI=1S/C14H20F2/c1-4-6-11(7-5-2)12-9-8-10(3)13(15)14(12)16/h8-9,11H,4-7H2,1-3H3. The molecule has 0 atom stereocenters. The van der Waals surface area contributed by atoms with Gasteiger partial charge in [0.1, 0.15) is 0 Å². The van der Waals surface area contributed by atoms with Gasteiger partial charge in [-0.15, -0.1) is 0 Å². The Morgan fingerprint density at radius 1 is 1.00 bits per heavy atom. The van der Waals surface area contributed by atoms with Crippen LogP contribution in [0.3, 0.4) is 0 Å². The van der Waals surface area contributed by atoms with Crippen molar-refractivity contribution >= 4 is 0 Å². The molecule has 0 N–H and O–H groups in total. The van der Waals surface area contributed by atoms with Crippen molar-refractivity contribution in [2.45, 2.75) is 52.4 Å². The highest BCUT2D eigenvalue weighted by Gasteiger charge is 2.18. The molecule has 0 radical (unpaired) electrons. The molecule has 0 amide bonds. The summed E-state index contributed by atoms with van der Waals surface area (Å²) in [6, 6.07) is 3.41. The predicted molar refractivity (Wildman–Crippen MR) is 63.7 cm³/mol. The molecule has 1 aromatic carbocycles. The summed E-state index contributed by atoms with van der Waals surface area (Å²) < 4.78 is 27.2. The zero-order valence-electron chi connectivity index (χ0n) is 10.3. The van der Waals surface area contributed by atoms with Gasteiger partial charge >= 0.3 is 0 Å². The minimum Gasteiger partial charge on any atom is -0.203 e. The zero-order chi connectivity index (χ0) is 12.1. The lowest BCUT2D eigenvalue weighted by Gasteiger charge is -2.17. The Hall–Kier alpha value is -0.920. The first-order valence-corrected chi connectivity index (χ1v) is 6.06. The lowest BCUT2D eigenvalue weighted by Crippen LogP contribution is -2.04. The van der Waals surface area contributed by atoms with E-state index in [2.05, 4.69) is 13.8 Å². The van der Waals surface area contributed by atoms with E-state index in [4.69, 9.17) is 0 Å². The van der Waals surface area contributed by atoms with Crippen LogP contribution in [0.25, 0.3) is 0 Å². The third kappa shape index (κ3) is 2.81. The van der Waals surface area contributed by atoms with E-state index in [0.29, 0.717) is 11.1 Å². The van der Waals surface area contributed by atoms with Gasteiger partial charge < -0.3 is 0 Å². The molecule has 0 bridgehead atoms. The molecule has 0 fully saturated rings. The van der Waals surface area contributed by atoms with Crippen molar-refractivity contribution in [2.24, 2.45) is 0 Å². The third-order valence-corrected chi connectivity index (χ3v) is 3.02. The van der Waals surface area contributed by atoms with Crippen molar-refractivity contribution in [3.8, 4) is 0 Å². The first-order valence-electron chi connectivity index (χ1n) is 6.06. The summed E-state index contributed by atoms with van der Waals surface area (Å²) in [5, 5.41) is 0. The number of hydrogen-bond acceptors (Lipinski definition) is 0. The monoisotopic (exact) mass is 226 g/mol. The fourth-order valence-corrected chi connectivity index (χ4v) is 2.13. The fraction of sp³-hybridized carbons (Fsp3) is 0.571. The Kier molecular flexibility index (Phi) is 4.91. The Morgan fingerprint density at radius 2 is 1.56 bits per heavy atom.